The van der Waals surface area contributed by atoms with Gasteiger partial charge in [-0.15, -0.1) is 0 Å². The van der Waals surface area contributed by atoms with E-state index in [1.165, 1.54) is 6.07 Å². The van der Waals surface area contributed by atoms with Crippen molar-refractivity contribution in [2.24, 2.45) is 0 Å². The molecule has 2 aromatic rings. The second kappa shape index (κ2) is 5.87. The first-order chi connectivity index (χ1) is 10.9. The van der Waals surface area contributed by atoms with E-state index in [-0.39, 0.29) is 33.6 Å². The average Bonchev–Trinajstić information content (AvgIpc) is 2.97. The third-order valence-corrected chi connectivity index (χ3v) is 4.54. The van der Waals surface area contributed by atoms with Crippen LogP contribution in [0.5, 0.6) is 5.75 Å². The zero-order valence-electron chi connectivity index (χ0n) is 12.1. The zero-order valence-corrected chi connectivity index (χ0v) is 13.6. The van der Waals surface area contributed by atoms with Crippen molar-refractivity contribution in [2.45, 2.75) is 19.4 Å². The predicted molar refractivity (Wildman–Crippen MR) is 86.8 cm³/mol. The Kier molecular flexibility index (Phi) is 4.04. The minimum atomic E-state index is -1.10. The number of fused-ring (bicyclic) bond motifs is 1. The van der Waals surface area contributed by atoms with E-state index in [1.54, 1.807) is 12.1 Å². The number of aryl methyl sites for hydroxylation is 1. The summed E-state index contributed by atoms with van der Waals surface area (Å²) in [5.41, 5.74) is 2.06. The molecule has 2 aromatic carbocycles. The lowest BCUT2D eigenvalue weighted by atomic mass is 9.96. The second-order valence-electron chi connectivity index (χ2n) is 5.32. The van der Waals surface area contributed by atoms with Crippen molar-refractivity contribution in [1.82, 2.24) is 0 Å². The Morgan fingerprint density at radius 3 is 2.57 bits per heavy atom. The third kappa shape index (κ3) is 2.69. The smallest absolute Gasteiger partial charge is 0.345 e. The molecule has 1 N–H and O–H groups in total. The van der Waals surface area contributed by atoms with Gasteiger partial charge in [0.05, 0.1) is 10.0 Å². The van der Waals surface area contributed by atoms with Gasteiger partial charge in [0.25, 0.3) is 0 Å². The molecule has 118 valence electrons. The second-order valence-corrected chi connectivity index (χ2v) is 6.11. The quantitative estimate of drug-likeness (QED) is 0.852. The largest absolute Gasteiger partial charge is 0.478 e. The topological polar surface area (TPSA) is 63.6 Å². The number of hydrogen-bond acceptors (Lipinski definition) is 3. The van der Waals surface area contributed by atoms with Gasteiger partial charge in [0.15, 0.2) is 11.9 Å². The molecule has 0 aliphatic carbocycles. The highest BCUT2D eigenvalue weighted by Crippen LogP contribution is 2.43. The maximum atomic E-state index is 12.8. The molecule has 1 unspecified atom stereocenters. The first-order valence-electron chi connectivity index (χ1n) is 6.90. The van der Waals surface area contributed by atoms with E-state index < -0.39 is 12.1 Å². The van der Waals surface area contributed by atoms with Crippen LogP contribution in [0.3, 0.4) is 0 Å². The normalized spacial score (nSPS) is 15.9. The summed E-state index contributed by atoms with van der Waals surface area (Å²) in [5.74, 6) is -1.11. The van der Waals surface area contributed by atoms with Gasteiger partial charge >= 0.3 is 5.97 Å². The lowest BCUT2D eigenvalue weighted by Crippen LogP contribution is -2.24. The highest BCUT2D eigenvalue weighted by molar-refractivity contribution is 6.38. The first kappa shape index (κ1) is 15.8. The van der Waals surface area contributed by atoms with E-state index in [4.69, 9.17) is 33.0 Å². The number of carboxylic acid groups (broad SMARTS) is 1. The maximum Gasteiger partial charge on any atom is 0.345 e. The van der Waals surface area contributed by atoms with Crippen LogP contribution in [-0.4, -0.2) is 23.0 Å². The van der Waals surface area contributed by atoms with Gasteiger partial charge in [0.2, 0.25) is 0 Å². The number of carbonyl (C=O) groups excluding carboxylic acids is 1. The van der Waals surface area contributed by atoms with Gasteiger partial charge in [-0.05, 0) is 18.6 Å². The number of aliphatic carboxylic acids is 1. The number of ether oxygens (including phenoxy) is 1. The number of ketones is 1. The molecule has 23 heavy (non-hydrogen) atoms. The molecule has 6 heteroatoms. The Labute approximate surface area is 142 Å². The number of benzene rings is 2. The molecule has 0 saturated heterocycles. The Balaban J connectivity index is 2.09. The molecule has 4 nitrogen and oxygen atoms in total. The van der Waals surface area contributed by atoms with Crippen LogP contribution in [0.15, 0.2) is 30.3 Å². The summed E-state index contributed by atoms with van der Waals surface area (Å²) in [6.45, 7) is 1.83. The van der Waals surface area contributed by atoms with E-state index in [2.05, 4.69) is 0 Å². The number of carbonyl (C=O) groups is 2. The Morgan fingerprint density at radius 1 is 1.22 bits per heavy atom. The number of rotatable bonds is 3. The Bertz CT molecular complexity index is 830. The van der Waals surface area contributed by atoms with Crippen LogP contribution in [-0.2, 0) is 11.2 Å². The highest BCUT2D eigenvalue weighted by Gasteiger charge is 2.34. The number of halogens is 2. The van der Waals surface area contributed by atoms with Crippen LogP contribution >= 0.6 is 23.2 Å². The van der Waals surface area contributed by atoms with E-state index >= 15 is 0 Å². The van der Waals surface area contributed by atoms with Gasteiger partial charge in [0, 0.05) is 23.1 Å². The van der Waals surface area contributed by atoms with Crippen molar-refractivity contribution >= 4 is 35.0 Å². The minimum absolute atomic E-state index is 0.0815. The van der Waals surface area contributed by atoms with Crippen molar-refractivity contribution in [3.05, 3.63) is 62.6 Å². The van der Waals surface area contributed by atoms with Gasteiger partial charge in [0.1, 0.15) is 5.75 Å². The molecule has 1 aliphatic rings. The standard InChI is InChI=1S/C17H12Cl2O4/c1-8-4-2-3-5-9(8)15(20)10-6-12(18)16-11(14(10)19)7-13(23-16)17(21)22/h2-6,13H,7H2,1H3,(H,21,22). The van der Waals surface area contributed by atoms with E-state index in [0.29, 0.717) is 11.1 Å². The molecule has 1 aliphatic heterocycles. The maximum absolute atomic E-state index is 12.8. The van der Waals surface area contributed by atoms with Crippen LogP contribution in [0, 0.1) is 6.92 Å². The molecule has 0 aromatic heterocycles. The fourth-order valence-corrected chi connectivity index (χ4v) is 3.19. The van der Waals surface area contributed by atoms with Gasteiger partial charge < -0.3 is 9.84 Å². The molecule has 1 heterocycles. The summed E-state index contributed by atoms with van der Waals surface area (Å²) in [6, 6.07) is 8.59. The van der Waals surface area contributed by atoms with Crippen LogP contribution in [0.1, 0.15) is 27.0 Å². The fourth-order valence-electron chi connectivity index (χ4n) is 2.62. The lowest BCUT2D eigenvalue weighted by molar-refractivity contribution is -0.144. The molecule has 0 fully saturated rings. The predicted octanol–water partition coefficient (Wildman–Crippen LogP) is 3.92. The average molecular weight is 351 g/mol. The first-order valence-corrected chi connectivity index (χ1v) is 7.66. The molecule has 1 atom stereocenters. The molecular weight excluding hydrogens is 339 g/mol. The molecule has 0 bridgehead atoms. The lowest BCUT2D eigenvalue weighted by Gasteiger charge is -2.11. The summed E-state index contributed by atoms with van der Waals surface area (Å²) in [6.07, 6.45) is -0.957. The van der Waals surface area contributed by atoms with Crippen LogP contribution in [0.25, 0.3) is 0 Å². The Hall–Kier alpha value is -2.04. The summed E-state index contributed by atoms with van der Waals surface area (Å²) in [7, 11) is 0. The summed E-state index contributed by atoms with van der Waals surface area (Å²) in [4.78, 5) is 23.9. The molecular formula is C17H12Cl2O4. The molecule has 3 rings (SSSR count). The number of carboxylic acids is 1. The van der Waals surface area contributed by atoms with Gasteiger partial charge in [-0.3, -0.25) is 4.79 Å². The van der Waals surface area contributed by atoms with E-state index in [1.807, 2.05) is 19.1 Å². The van der Waals surface area contributed by atoms with Crippen LogP contribution in [0.4, 0.5) is 0 Å². The zero-order chi connectivity index (χ0) is 16.7. The monoisotopic (exact) mass is 350 g/mol. The molecule has 0 saturated carbocycles. The summed E-state index contributed by atoms with van der Waals surface area (Å²) >= 11 is 12.5. The van der Waals surface area contributed by atoms with Gasteiger partial charge in [-0.2, -0.15) is 0 Å². The van der Waals surface area contributed by atoms with Crippen molar-refractivity contribution in [3.8, 4) is 5.75 Å². The third-order valence-electron chi connectivity index (χ3n) is 3.82. The number of hydrogen-bond donors (Lipinski definition) is 1. The molecule has 0 radical (unpaired) electrons. The Morgan fingerprint density at radius 2 is 1.91 bits per heavy atom. The van der Waals surface area contributed by atoms with E-state index in [0.717, 1.165) is 5.56 Å². The van der Waals surface area contributed by atoms with Crippen molar-refractivity contribution < 1.29 is 19.4 Å². The van der Waals surface area contributed by atoms with Crippen molar-refractivity contribution in [2.75, 3.05) is 0 Å². The van der Waals surface area contributed by atoms with Gasteiger partial charge in [-0.1, -0.05) is 47.5 Å². The van der Waals surface area contributed by atoms with Gasteiger partial charge in [-0.25, -0.2) is 4.79 Å². The fraction of sp³-hybridized carbons (Fsp3) is 0.176. The molecule has 0 amide bonds. The summed E-state index contributed by atoms with van der Waals surface area (Å²) < 4.78 is 5.32. The highest BCUT2D eigenvalue weighted by atomic mass is 35.5. The van der Waals surface area contributed by atoms with Crippen molar-refractivity contribution in [3.63, 3.8) is 0 Å². The van der Waals surface area contributed by atoms with Crippen LogP contribution in [0.2, 0.25) is 10.0 Å². The SMILES string of the molecule is Cc1ccccc1C(=O)c1cc(Cl)c2c(c1Cl)CC(C(=O)O)O2. The summed E-state index contributed by atoms with van der Waals surface area (Å²) in [5, 5.41) is 9.46. The van der Waals surface area contributed by atoms with Crippen molar-refractivity contribution in [1.29, 1.82) is 0 Å². The minimum Gasteiger partial charge on any atom is -0.478 e. The van der Waals surface area contributed by atoms with E-state index in [9.17, 15) is 9.59 Å². The van der Waals surface area contributed by atoms with Crippen LogP contribution < -0.4 is 4.74 Å². The molecule has 0 spiro atoms.